The van der Waals surface area contributed by atoms with Crippen molar-refractivity contribution >= 4 is 17.4 Å². The summed E-state index contributed by atoms with van der Waals surface area (Å²) in [6, 6.07) is 23.4. The molecule has 5 nitrogen and oxygen atoms in total. The van der Waals surface area contributed by atoms with Gasteiger partial charge in [-0.15, -0.1) is 0 Å². The highest BCUT2D eigenvalue weighted by Gasteiger charge is 2.44. The molecule has 50 heavy (non-hydrogen) atoms. The number of benzene rings is 3. The van der Waals surface area contributed by atoms with Crippen LogP contribution in [0.1, 0.15) is 79.9 Å². The zero-order chi connectivity index (χ0) is 36.3. The van der Waals surface area contributed by atoms with Gasteiger partial charge >= 0.3 is 6.18 Å². The first-order chi connectivity index (χ1) is 23.9. The summed E-state index contributed by atoms with van der Waals surface area (Å²) in [4.78, 5) is 29.7. The summed E-state index contributed by atoms with van der Waals surface area (Å²) in [5.74, 6) is -0.720. The van der Waals surface area contributed by atoms with Crippen LogP contribution in [-0.4, -0.2) is 55.1 Å². The quantitative estimate of drug-likeness (QED) is 0.101. The number of likely N-dealkylation sites (tertiary alicyclic amines) is 1. The topological polar surface area (TPSA) is 61.4 Å². The Morgan fingerprint density at radius 3 is 2.20 bits per heavy atom. The predicted octanol–water partition coefficient (Wildman–Crippen LogP) is 9.20. The van der Waals surface area contributed by atoms with Crippen LogP contribution in [0, 0.1) is 6.92 Å². The molecule has 0 bridgehead atoms. The van der Waals surface area contributed by atoms with Crippen molar-refractivity contribution in [2.45, 2.75) is 77.4 Å². The molecule has 2 N–H and O–H groups in total. The van der Waals surface area contributed by atoms with Crippen molar-refractivity contribution in [1.82, 2.24) is 15.5 Å². The molecule has 1 aliphatic rings. The van der Waals surface area contributed by atoms with Gasteiger partial charge in [0.25, 0.3) is 5.91 Å². The summed E-state index contributed by atoms with van der Waals surface area (Å²) >= 11 is 0. The standard InChI is InChI=1S/C42H50F3N3O2/c1-6-14-31(4)35-15-10-11-18-38(35)41(32(5)7-2,40(50)46-29-42(43,44)45)25-12-13-26-48-27-23-34(24-28-48)47-39(49)37-17-9-8-16-36(37)33-21-19-30(3)20-22-33/h6-11,14-22,34H,1,12-13,23-29H2,2-5H3,(H,46,50)(H,47,49)/b31-14+,32-7+. The van der Waals surface area contributed by atoms with Crippen LogP contribution in [0.25, 0.3) is 16.7 Å². The molecule has 3 aromatic rings. The Balaban J connectivity index is 1.41. The van der Waals surface area contributed by atoms with Gasteiger partial charge in [-0.3, -0.25) is 9.59 Å². The first-order valence-electron chi connectivity index (χ1n) is 17.5. The number of nitrogens with one attached hydrogen (secondary N) is 2. The minimum atomic E-state index is -4.53. The van der Waals surface area contributed by atoms with Crippen molar-refractivity contribution in [3.8, 4) is 11.1 Å². The molecule has 1 saturated heterocycles. The van der Waals surface area contributed by atoms with Crippen LogP contribution in [0.5, 0.6) is 0 Å². The van der Waals surface area contributed by atoms with E-state index in [0.29, 0.717) is 29.5 Å². The first kappa shape index (κ1) is 38.4. The maximum absolute atomic E-state index is 13.9. The smallest absolute Gasteiger partial charge is 0.349 e. The molecule has 4 rings (SSSR count). The normalized spacial score (nSPS) is 16.1. The van der Waals surface area contributed by atoms with Gasteiger partial charge in [-0.2, -0.15) is 13.2 Å². The molecule has 0 aromatic heterocycles. The lowest BCUT2D eigenvalue weighted by Gasteiger charge is -2.37. The van der Waals surface area contributed by atoms with E-state index in [4.69, 9.17) is 0 Å². The summed E-state index contributed by atoms with van der Waals surface area (Å²) in [7, 11) is 0. The molecule has 1 fully saturated rings. The van der Waals surface area contributed by atoms with Crippen LogP contribution in [0.4, 0.5) is 13.2 Å². The predicted molar refractivity (Wildman–Crippen MR) is 198 cm³/mol. The molecular formula is C42H50F3N3O2. The van der Waals surface area contributed by atoms with Crippen molar-refractivity contribution in [2.24, 2.45) is 0 Å². The van der Waals surface area contributed by atoms with Gasteiger partial charge in [0.1, 0.15) is 6.54 Å². The third-order valence-electron chi connectivity index (χ3n) is 9.86. The Morgan fingerprint density at radius 1 is 0.920 bits per heavy atom. The van der Waals surface area contributed by atoms with Crippen molar-refractivity contribution in [1.29, 1.82) is 0 Å². The number of allylic oxidation sites excluding steroid dienone is 4. The molecule has 1 unspecified atom stereocenters. The van der Waals surface area contributed by atoms with Gasteiger partial charge < -0.3 is 15.5 Å². The Hall–Kier alpha value is -4.43. The number of aryl methyl sites for hydroxylation is 1. The summed E-state index contributed by atoms with van der Waals surface area (Å²) in [6.45, 7) is 12.5. The van der Waals surface area contributed by atoms with E-state index in [-0.39, 0.29) is 11.9 Å². The molecule has 1 heterocycles. The third kappa shape index (κ3) is 9.63. The van der Waals surface area contributed by atoms with E-state index in [9.17, 15) is 22.8 Å². The van der Waals surface area contributed by atoms with Crippen LogP contribution in [0.2, 0.25) is 0 Å². The Labute approximate surface area is 295 Å². The Morgan fingerprint density at radius 2 is 1.56 bits per heavy atom. The molecule has 266 valence electrons. The number of carbonyl (C=O) groups excluding carboxylic acids is 2. The second kappa shape index (κ2) is 17.5. The van der Waals surface area contributed by atoms with E-state index >= 15 is 0 Å². The van der Waals surface area contributed by atoms with Gasteiger partial charge in [-0.1, -0.05) is 109 Å². The molecule has 3 aromatic carbocycles. The number of alkyl halides is 3. The number of hydrogen-bond donors (Lipinski definition) is 2. The number of piperidine rings is 1. The summed E-state index contributed by atoms with van der Waals surface area (Å²) < 4.78 is 39.9. The third-order valence-corrected chi connectivity index (χ3v) is 9.86. The van der Waals surface area contributed by atoms with E-state index < -0.39 is 24.0 Å². The van der Waals surface area contributed by atoms with Crippen LogP contribution in [0.3, 0.4) is 0 Å². The minimum absolute atomic E-state index is 0.0653. The second-order valence-electron chi connectivity index (χ2n) is 13.3. The lowest BCUT2D eigenvalue weighted by molar-refractivity contribution is -0.141. The van der Waals surface area contributed by atoms with Crippen molar-refractivity contribution in [3.05, 3.63) is 125 Å². The molecule has 0 spiro atoms. The lowest BCUT2D eigenvalue weighted by Crippen LogP contribution is -2.48. The van der Waals surface area contributed by atoms with Crippen molar-refractivity contribution < 1.29 is 22.8 Å². The maximum atomic E-state index is 13.9. The van der Waals surface area contributed by atoms with Gasteiger partial charge in [0, 0.05) is 24.7 Å². The zero-order valence-corrected chi connectivity index (χ0v) is 29.7. The largest absolute Gasteiger partial charge is 0.405 e. The van der Waals surface area contributed by atoms with E-state index in [1.807, 2.05) is 113 Å². The zero-order valence-electron chi connectivity index (χ0n) is 29.7. The van der Waals surface area contributed by atoms with E-state index in [1.165, 1.54) is 5.56 Å². The van der Waals surface area contributed by atoms with Crippen LogP contribution < -0.4 is 10.6 Å². The van der Waals surface area contributed by atoms with Gasteiger partial charge in [0.05, 0.1) is 5.41 Å². The van der Waals surface area contributed by atoms with E-state index in [2.05, 4.69) is 22.1 Å². The van der Waals surface area contributed by atoms with Gasteiger partial charge in [0.2, 0.25) is 5.91 Å². The van der Waals surface area contributed by atoms with Crippen molar-refractivity contribution in [2.75, 3.05) is 26.2 Å². The van der Waals surface area contributed by atoms with Crippen LogP contribution in [0.15, 0.2) is 103 Å². The van der Waals surface area contributed by atoms with Crippen LogP contribution >= 0.6 is 0 Å². The first-order valence-corrected chi connectivity index (χ1v) is 17.5. The Kier molecular flexibility index (Phi) is 13.4. The monoisotopic (exact) mass is 685 g/mol. The number of hydrogen-bond acceptors (Lipinski definition) is 3. The van der Waals surface area contributed by atoms with Crippen LogP contribution in [-0.2, 0) is 10.2 Å². The molecule has 0 aliphatic carbocycles. The second-order valence-corrected chi connectivity index (χ2v) is 13.3. The average molecular weight is 686 g/mol. The molecule has 1 aliphatic heterocycles. The lowest BCUT2D eigenvalue weighted by atomic mass is 9.68. The fourth-order valence-corrected chi connectivity index (χ4v) is 6.96. The number of rotatable bonds is 14. The SMILES string of the molecule is C=C/C=C(\C)c1ccccc1C(CCCCN1CCC(NC(=O)c2ccccc2-c2ccc(C)cc2)CC1)(C(=O)NCC(F)(F)F)/C(C)=C/C. The fraction of sp³-hybridized carbons (Fsp3) is 0.381. The highest BCUT2D eigenvalue weighted by molar-refractivity contribution is 6.01. The number of nitrogens with zero attached hydrogens (tertiary/aromatic N) is 1. The van der Waals surface area contributed by atoms with Gasteiger partial charge in [-0.25, -0.2) is 0 Å². The summed E-state index contributed by atoms with van der Waals surface area (Å²) in [5.41, 5.74) is 5.54. The molecule has 8 heteroatoms. The maximum Gasteiger partial charge on any atom is 0.405 e. The number of halogens is 3. The fourth-order valence-electron chi connectivity index (χ4n) is 6.96. The van der Waals surface area contributed by atoms with Gasteiger partial charge in [-0.05, 0) is 93.8 Å². The summed E-state index contributed by atoms with van der Waals surface area (Å²) in [6.07, 6.45) is 4.22. The Bertz CT molecular complexity index is 1680. The highest BCUT2D eigenvalue weighted by Crippen LogP contribution is 2.41. The summed E-state index contributed by atoms with van der Waals surface area (Å²) in [5, 5.41) is 5.48. The van der Waals surface area contributed by atoms with E-state index in [0.717, 1.165) is 61.2 Å². The average Bonchev–Trinajstić information content (AvgIpc) is 3.11. The van der Waals surface area contributed by atoms with Crippen molar-refractivity contribution in [3.63, 3.8) is 0 Å². The van der Waals surface area contributed by atoms with E-state index in [1.54, 1.807) is 6.08 Å². The molecular weight excluding hydrogens is 635 g/mol. The number of amides is 2. The molecule has 1 atom stereocenters. The molecule has 0 saturated carbocycles. The molecule has 0 radical (unpaired) electrons. The highest BCUT2D eigenvalue weighted by atomic mass is 19.4. The number of unbranched alkanes of at least 4 members (excludes halogenated alkanes) is 1. The molecule has 2 amide bonds. The van der Waals surface area contributed by atoms with Gasteiger partial charge in [0.15, 0.2) is 0 Å². The minimum Gasteiger partial charge on any atom is -0.349 e. The number of carbonyl (C=O) groups is 2.